The number of amides is 1. The zero-order valence-electron chi connectivity index (χ0n) is 25.3. The van der Waals surface area contributed by atoms with Crippen molar-refractivity contribution in [1.82, 2.24) is 39.6 Å². The van der Waals surface area contributed by atoms with Gasteiger partial charge in [-0.2, -0.15) is 10.2 Å². The van der Waals surface area contributed by atoms with Crippen molar-refractivity contribution in [1.29, 1.82) is 0 Å². The summed E-state index contributed by atoms with van der Waals surface area (Å²) in [6.45, 7) is 3.22. The molecule has 4 aromatic heterocycles. The molecule has 1 saturated heterocycles. The van der Waals surface area contributed by atoms with Crippen molar-refractivity contribution in [2.75, 3.05) is 44.4 Å². The Hall–Kier alpha value is -4.18. The second-order valence-electron chi connectivity index (χ2n) is 11.9. The molecular formula is C29H36F2N10O3S. The van der Waals surface area contributed by atoms with Gasteiger partial charge in [-0.3, -0.25) is 9.59 Å². The van der Waals surface area contributed by atoms with Gasteiger partial charge in [-0.05, 0) is 64.8 Å². The van der Waals surface area contributed by atoms with E-state index >= 15 is 0 Å². The van der Waals surface area contributed by atoms with E-state index in [1.54, 1.807) is 4.52 Å². The van der Waals surface area contributed by atoms with Crippen LogP contribution in [0.1, 0.15) is 40.4 Å². The Bertz CT molecular complexity index is 1750. The maximum Gasteiger partial charge on any atom is 0.267 e. The maximum absolute atomic E-state index is 13.5. The highest BCUT2D eigenvalue weighted by Crippen LogP contribution is 2.36. The number of aryl methyl sites for hydroxylation is 1. The number of aromatic nitrogens is 6. The first-order chi connectivity index (χ1) is 21.5. The fraction of sp³-hybridized carbons (Fsp3) is 0.517. The van der Waals surface area contributed by atoms with Gasteiger partial charge in [-0.15, -0.1) is 11.3 Å². The van der Waals surface area contributed by atoms with Crippen LogP contribution in [-0.4, -0.2) is 92.5 Å². The van der Waals surface area contributed by atoms with Crippen LogP contribution in [0, 0.1) is 12.8 Å². The van der Waals surface area contributed by atoms with E-state index in [0.717, 1.165) is 41.9 Å². The number of alkyl halides is 2. The molecule has 0 unspecified atom stereocenters. The molecule has 4 aromatic rings. The van der Waals surface area contributed by atoms with E-state index in [4.69, 9.17) is 10.5 Å². The minimum atomic E-state index is -2.74. The first-order valence-corrected chi connectivity index (χ1v) is 15.7. The predicted octanol–water partition coefficient (Wildman–Crippen LogP) is 2.68. The summed E-state index contributed by atoms with van der Waals surface area (Å²) in [5.41, 5.74) is 7.66. The van der Waals surface area contributed by atoms with E-state index in [1.807, 2.05) is 13.0 Å². The molecule has 5 heterocycles. The van der Waals surface area contributed by atoms with Gasteiger partial charge in [-0.1, -0.05) is 0 Å². The standard InChI is InChI=1S/C29H36F2N10O3S/c1-16-35-29(44-19-9-17(10-19)12-38(2)3)26(45-16)28(43)36-18-5-4-8-39(13-18)22-11-21(41-25(22)27(32)33-15-34-41)20-6-7-24(42)40(37-20)14-23(30)31/h6-7,11,15,17-19,23H,4-5,8-10,12-14H2,1-3H3,(H,36,43)(H2,32,33,34)/t17?,18-,19?/m1/s1. The highest BCUT2D eigenvalue weighted by molar-refractivity contribution is 7.13. The van der Waals surface area contributed by atoms with Crippen LogP contribution in [0.4, 0.5) is 20.3 Å². The van der Waals surface area contributed by atoms with Crippen LogP contribution in [0.15, 0.2) is 29.3 Å². The molecule has 0 spiro atoms. The molecular weight excluding hydrogens is 606 g/mol. The molecule has 1 aliphatic carbocycles. The number of nitrogen functional groups attached to an aromatic ring is 1. The van der Waals surface area contributed by atoms with E-state index in [0.29, 0.717) is 46.7 Å². The highest BCUT2D eigenvalue weighted by atomic mass is 32.1. The molecule has 1 aliphatic heterocycles. The minimum Gasteiger partial charge on any atom is -0.473 e. The fourth-order valence-corrected chi connectivity index (χ4v) is 6.87. The number of rotatable bonds is 10. The number of piperidine rings is 1. The molecule has 0 bridgehead atoms. The number of thiazole rings is 1. The molecule has 3 N–H and O–H groups in total. The largest absolute Gasteiger partial charge is 0.473 e. The number of hydrogen-bond acceptors (Lipinski definition) is 11. The summed E-state index contributed by atoms with van der Waals surface area (Å²) in [5, 5.41) is 12.5. The lowest BCUT2D eigenvalue weighted by Crippen LogP contribution is -2.47. The number of carbonyl (C=O) groups excluding carboxylic acids is 1. The van der Waals surface area contributed by atoms with Gasteiger partial charge >= 0.3 is 0 Å². The van der Waals surface area contributed by atoms with Crippen LogP contribution in [-0.2, 0) is 6.54 Å². The maximum atomic E-state index is 13.5. The van der Waals surface area contributed by atoms with Crippen molar-refractivity contribution in [3.8, 4) is 17.3 Å². The Morgan fingerprint density at radius 3 is 2.84 bits per heavy atom. The Kier molecular flexibility index (Phi) is 8.68. The lowest BCUT2D eigenvalue weighted by molar-refractivity contribution is 0.0474. The second-order valence-corrected chi connectivity index (χ2v) is 13.1. The Labute approximate surface area is 262 Å². The van der Waals surface area contributed by atoms with Gasteiger partial charge in [0.05, 0.1) is 16.4 Å². The predicted molar refractivity (Wildman–Crippen MR) is 166 cm³/mol. The Morgan fingerprint density at radius 2 is 2.09 bits per heavy atom. The van der Waals surface area contributed by atoms with Crippen molar-refractivity contribution in [3.63, 3.8) is 0 Å². The number of anilines is 2. The molecule has 2 fully saturated rings. The highest BCUT2D eigenvalue weighted by Gasteiger charge is 2.34. The lowest BCUT2D eigenvalue weighted by atomic mass is 9.82. The van der Waals surface area contributed by atoms with E-state index < -0.39 is 18.5 Å². The monoisotopic (exact) mass is 642 g/mol. The first-order valence-electron chi connectivity index (χ1n) is 14.9. The van der Waals surface area contributed by atoms with Crippen molar-refractivity contribution < 1.29 is 18.3 Å². The third kappa shape index (κ3) is 6.61. The van der Waals surface area contributed by atoms with Gasteiger partial charge in [0.15, 0.2) is 10.7 Å². The number of nitrogens with zero attached hydrogens (tertiary/aromatic N) is 8. The molecule has 2 aliphatic rings. The smallest absolute Gasteiger partial charge is 0.267 e. The Balaban J connectivity index is 1.20. The number of carbonyl (C=O) groups is 1. The minimum absolute atomic E-state index is 0.0577. The van der Waals surface area contributed by atoms with E-state index in [9.17, 15) is 18.4 Å². The summed E-state index contributed by atoms with van der Waals surface area (Å²) in [6.07, 6.45) is 2.07. The topological polar surface area (TPSA) is 149 Å². The second kappa shape index (κ2) is 12.7. The zero-order chi connectivity index (χ0) is 31.8. The molecule has 13 nitrogen and oxygen atoms in total. The van der Waals surface area contributed by atoms with E-state index in [1.165, 1.54) is 29.8 Å². The third-order valence-corrected chi connectivity index (χ3v) is 9.05. The van der Waals surface area contributed by atoms with Crippen LogP contribution in [0.3, 0.4) is 0 Å². The molecule has 16 heteroatoms. The summed E-state index contributed by atoms with van der Waals surface area (Å²) in [4.78, 5) is 39.1. The first kappa shape index (κ1) is 30.8. The summed E-state index contributed by atoms with van der Waals surface area (Å²) in [6, 6.07) is 4.30. The number of hydrogen-bond donors (Lipinski definition) is 2. The summed E-state index contributed by atoms with van der Waals surface area (Å²) in [5.74, 6) is 0.983. The molecule has 45 heavy (non-hydrogen) atoms. The van der Waals surface area contributed by atoms with E-state index in [-0.39, 0.29) is 29.6 Å². The zero-order valence-corrected chi connectivity index (χ0v) is 26.1. The van der Waals surface area contributed by atoms with Crippen molar-refractivity contribution in [3.05, 3.63) is 44.8 Å². The van der Waals surface area contributed by atoms with Gasteiger partial charge < -0.3 is 25.6 Å². The summed E-state index contributed by atoms with van der Waals surface area (Å²) >= 11 is 1.32. The van der Waals surface area contributed by atoms with E-state index in [2.05, 4.69) is 49.4 Å². The SMILES string of the molecule is Cc1nc(OC2CC(CN(C)C)C2)c(C(=O)N[C@@H]2CCCN(c3cc(-c4ccc(=O)n(CC(F)F)n4)n4ncnc(N)c34)C2)s1. The van der Waals surface area contributed by atoms with Crippen molar-refractivity contribution in [2.45, 2.75) is 57.7 Å². The van der Waals surface area contributed by atoms with Gasteiger partial charge in [-0.25, -0.2) is 27.9 Å². The van der Waals surface area contributed by atoms with Gasteiger partial charge in [0, 0.05) is 31.7 Å². The third-order valence-electron chi connectivity index (χ3n) is 8.10. The van der Waals surface area contributed by atoms with Crippen LogP contribution >= 0.6 is 11.3 Å². The normalized spacial score (nSPS) is 20.2. The van der Waals surface area contributed by atoms with Crippen molar-refractivity contribution >= 4 is 34.3 Å². The van der Waals surface area contributed by atoms with Gasteiger partial charge in [0.1, 0.15) is 30.2 Å². The Morgan fingerprint density at radius 1 is 1.29 bits per heavy atom. The summed E-state index contributed by atoms with van der Waals surface area (Å²) in [7, 11) is 4.12. The number of halogens is 2. The molecule has 1 amide bonds. The molecule has 240 valence electrons. The van der Waals surface area contributed by atoms with Crippen LogP contribution in [0.5, 0.6) is 5.88 Å². The van der Waals surface area contributed by atoms with Crippen molar-refractivity contribution in [2.24, 2.45) is 5.92 Å². The number of nitrogens with one attached hydrogen (secondary N) is 1. The lowest BCUT2D eigenvalue weighted by Gasteiger charge is -2.36. The fourth-order valence-electron chi connectivity index (χ4n) is 6.11. The van der Waals surface area contributed by atoms with Crippen LogP contribution in [0.25, 0.3) is 16.9 Å². The summed E-state index contributed by atoms with van der Waals surface area (Å²) < 4.78 is 34.6. The average molecular weight is 643 g/mol. The number of ether oxygens (including phenoxy) is 1. The number of nitrogens with two attached hydrogens (primary N) is 1. The quantitative estimate of drug-likeness (QED) is 0.265. The molecule has 6 rings (SSSR count). The van der Waals surface area contributed by atoms with Gasteiger partial charge in [0.25, 0.3) is 17.9 Å². The average Bonchev–Trinajstić information content (AvgIpc) is 3.54. The van der Waals surface area contributed by atoms with Crippen LogP contribution in [0.2, 0.25) is 0 Å². The molecule has 0 radical (unpaired) electrons. The van der Waals surface area contributed by atoms with Gasteiger partial charge in [0.2, 0.25) is 5.88 Å². The van der Waals surface area contributed by atoms with Crippen LogP contribution < -0.4 is 26.2 Å². The number of fused-ring (bicyclic) bond motifs is 1. The molecule has 1 atom stereocenters. The molecule has 1 saturated carbocycles. The molecule has 0 aromatic carbocycles.